The minimum absolute atomic E-state index is 0.0327. The standard InChI is InChI=1S/C15H20BrNO2/c1-15(2)8-3-9-17-13(15)14(18)19-10-11-4-6-12(16)7-5-11/h4-7,13,17H,3,8-10H2,1-2H3. The molecule has 1 heterocycles. The molecule has 1 aromatic rings. The van der Waals surface area contributed by atoms with Crippen molar-refractivity contribution in [1.82, 2.24) is 5.32 Å². The Kier molecular flexibility index (Phi) is 4.63. The fraction of sp³-hybridized carbons (Fsp3) is 0.533. The Morgan fingerprint density at radius 3 is 2.74 bits per heavy atom. The van der Waals surface area contributed by atoms with Crippen molar-refractivity contribution in [3.63, 3.8) is 0 Å². The van der Waals surface area contributed by atoms with Crippen LogP contribution in [-0.4, -0.2) is 18.6 Å². The first-order valence-electron chi connectivity index (χ1n) is 6.63. The molecule has 0 saturated carbocycles. The summed E-state index contributed by atoms with van der Waals surface area (Å²) < 4.78 is 6.45. The molecule has 1 N–H and O–H groups in total. The Labute approximate surface area is 122 Å². The van der Waals surface area contributed by atoms with Crippen molar-refractivity contribution < 1.29 is 9.53 Å². The number of ether oxygens (including phenoxy) is 1. The van der Waals surface area contributed by atoms with Crippen molar-refractivity contribution in [3.8, 4) is 0 Å². The molecule has 4 heteroatoms. The van der Waals surface area contributed by atoms with E-state index in [9.17, 15) is 4.79 Å². The van der Waals surface area contributed by atoms with Crippen LogP contribution in [-0.2, 0) is 16.1 Å². The molecule has 1 atom stereocenters. The van der Waals surface area contributed by atoms with E-state index in [1.807, 2.05) is 24.3 Å². The number of carbonyl (C=O) groups excluding carboxylic acids is 1. The molecular formula is C15H20BrNO2. The summed E-state index contributed by atoms with van der Waals surface area (Å²) in [6, 6.07) is 7.61. The summed E-state index contributed by atoms with van der Waals surface area (Å²) >= 11 is 3.39. The lowest BCUT2D eigenvalue weighted by molar-refractivity contribution is -0.151. The van der Waals surface area contributed by atoms with Crippen molar-refractivity contribution in [1.29, 1.82) is 0 Å². The second-order valence-electron chi connectivity index (χ2n) is 5.71. The number of carbonyl (C=O) groups is 1. The minimum atomic E-state index is -0.198. The van der Waals surface area contributed by atoms with Crippen LogP contribution in [0.3, 0.4) is 0 Å². The second-order valence-corrected chi connectivity index (χ2v) is 6.63. The molecule has 19 heavy (non-hydrogen) atoms. The quantitative estimate of drug-likeness (QED) is 0.867. The number of esters is 1. The summed E-state index contributed by atoms with van der Waals surface area (Å²) in [5, 5.41) is 3.27. The van der Waals surface area contributed by atoms with Gasteiger partial charge in [0.15, 0.2) is 0 Å². The number of rotatable bonds is 3. The summed E-state index contributed by atoms with van der Waals surface area (Å²) in [5.41, 5.74) is 0.972. The Morgan fingerprint density at radius 1 is 1.42 bits per heavy atom. The maximum absolute atomic E-state index is 12.2. The van der Waals surface area contributed by atoms with Gasteiger partial charge in [0.25, 0.3) is 0 Å². The van der Waals surface area contributed by atoms with Crippen LogP contribution in [0.2, 0.25) is 0 Å². The summed E-state index contributed by atoms with van der Waals surface area (Å²) in [6.45, 7) is 5.46. The van der Waals surface area contributed by atoms with Crippen molar-refractivity contribution in [2.24, 2.45) is 5.41 Å². The summed E-state index contributed by atoms with van der Waals surface area (Å²) in [6.07, 6.45) is 2.17. The van der Waals surface area contributed by atoms with Crippen molar-refractivity contribution in [3.05, 3.63) is 34.3 Å². The summed E-state index contributed by atoms with van der Waals surface area (Å²) in [4.78, 5) is 12.2. The predicted octanol–water partition coefficient (Wildman–Crippen LogP) is 3.27. The molecule has 0 amide bonds. The Hall–Kier alpha value is -0.870. The molecule has 0 radical (unpaired) electrons. The fourth-order valence-corrected chi connectivity index (χ4v) is 2.70. The van der Waals surface area contributed by atoms with E-state index in [1.165, 1.54) is 0 Å². The zero-order chi connectivity index (χ0) is 13.9. The van der Waals surface area contributed by atoms with Gasteiger partial charge in [-0.3, -0.25) is 4.79 Å². The lowest BCUT2D eigenvalue weighted by atomic mass is 9.77. The molecule has 104 valence electrons. The zero-order valence-electron chi connectivity index (χ0n) is 11.4. The Bertz CT molecular complexity index is 442. The highest BCUT2D eigenvalue weighted by atomic mass is 79.9. The van der Waals surface area contributed by atoms with Crippen LogP contribution < -0.4 is 5.32 Å². The molecule has 3 nitrogen and oxygen atoms in total. The van der Waals surface area contributed by atoms with Gasteiger partial charge in [0.05, 0.1) is 0 Å². The SMILES string of the molecule is CC1(C)CCCNC1C(=O)OCc1ccc(Br)cc1. The molecular weight excluding hydrogens is 306 g/mol. The second kappa shape index (κ2) is 6.06. The van der Waals surface area contributed by atoms with Crippen LogP contribution in [0.1, 0.15) is 32.3 Å². The maximum Gasteiger partial charge on any atom is 0.324 e. The molecule has 0 aromatic heterocycles. The van der Waals surface area contributed by atoms with Gasteiger partial charge in [0, 0.05) is 4.47 Å². The van der Waals surface area contributed by atoms with Crippen molar-refractivity contribution >= 4 is 21.9 Å². The minimum Gasteiger partial charge on any atom is -0.460 e. The highest BCUT2D eigenvalue weighted by molar-refractivity contribution is 9.10. The van der Waals surface area contributed by atoms with Crippen LogP contribution in [0.15, 0.2) is 28.7 Å². The van der Waals surface area contributed by atoms with Gasteiger partial charge in [0.1, 0.15) is 12.6 Å². The maximum atomic E-state index is 12.2. The topological polar surface area (TPSA) is 38.3 Å². The van der Waals surface area contributed by atoms with E-state index >= 15 is 0 Å². The molecule has 2 rings (SSSR count). The van der Waals surface area contributed by atoms with Crippen LogP contribution in [0.25, 0.3) is 0 Å². The van der Waals surface area contributed by atoms with E-state index in [0.29, 0.717) is 6.61 Å². The predicted molar refractivity (Wildman–Crippen MR) is 78.7 cm³/mol. The molecule has 1 aromatic carbocycles. The first kappa shape index (κ1) is 14.5. The van der Waals surface area contributed by atoms with Gasteiger partial charge >= 0.3 is 5.97 Å². The first-order chi connectivity index (χ1) is 8.99. The van der Waals surface area contributed by atoms with Gasteiger partial charge in [-0.2, -0.15) is 0 Å². The molecule has 0 bridgehead atoms. The third-order valence-electron chi connectivity index (χ3n) is 3.66. The number of hydrogen-bond donors (Lipinski definition) is 1. The summed E-state index contributed by atoms with van der Waals surface area (Å²) in [7, 11) is 0. The van der Waals surface area contributed by atoms with Crippen LogP contribution in [0.5, 0.6) is 0 Å². The largest absolute Gasteiger partial charge is 0.460 e. The molecule has 1 aliphatic rings. The van der Waals surface area contributed by atoms with Crippen molar-refractivity contribution in [2.45, 2.75) is 39.3 Å². The van der Waals surface area contributed by atoms with E-state index in [1.54, 1.807) is 0 Å². The Morgan fingerprint density at radius 2 is 2.11 bits per heavy atom. The smallest absolute Gasteiger partial charge is 0.324 e. The molecule has 1 fully saturated rings. The van der Waals surface area contributed by atoms with E-state index in [0.717, 1.165) is 29.4 Å². The van der Waals surface area contributed by atoms with E-state index in [2.05, 4.69) is 35.1 Å². The zero-order valence-corrected chi connectivity index (χ0v) is 13.0. The Balaban J connectivity index is 1.92. The number of benzene rings is 1. The van der Waals surface area contributed by atoms with Gasteiger partial charge in [-0.1, -0.05) is 41.9 Å². The van der Waals surface area contributed by atoms with Crippen LogP contribution in [0.4, 0.5) is 0 Å². The molecule has 1 aliphatic heterocycles. The average Bonchev–Trinajstić information content (AvgIpc) is 2.37. The van der Waals surface area contributed by atoms with Gasteiger partial charge < -0.3 is 10.1 Å². The number of nitrogens with one attached hydrogen (secondary N) is 1. The number of halogens is 1. The third kappa shape index (κ3) is 3.80. The first-order valence-corrected chi connectivity index (χ1v) is 7.43. The van der Waals surface area contributed by atoms with E-state index < -0.39 is 0 Å². The van der Waals surface area contributed by atoms with Gasteiger partial charge in [-0.25, -0.2) is 0 Å². The van der Waals surface area contributed by atoms with Crippen LogP contribution >= 0.6 is 15.9 Å². The molecule has 1 saturated heterocycles. The number of hydrogen-bond acceptors (Lipinski definition) is 3. The third-order valence-corrected chi connectivity index (χ3v) is 4.19. The normalized spacial score (nSPS) is 21.9. The lowest BCUT2D eigenvalue weighted by Crippen LogP contribution is -2.52. The summed E-state index contributed by atoms with van der Waals surface area (Å²) in [5.74, 6) is -0.146. The molecule has 0 aliphatic carbocycles. The monoisotopic (exact) mass is 325 g/mol. The molecule has 0 spiro atoms. The van der Waals surface area contributed by atoms with Gasteiger partial charge in [-0.05, 0) is 42.5 Å². The average molecular weight is 326 g/mol. The van der Waals surface area contributed by atoms with E-state index in [-0.39, 0.29) is 17.4 Å². The van der Waals surface area contributed by atoms with Crippen LogP contribution in [0, 0.1) is 5.41 Å². The van der Waals surface area contributed by atoms with Crippen molar-refractivity contribution in [2.75, 3.05) is 6.54 Å². The number of piperidine rings is 1. The van der Waals surface area contributed by atoms with Gasteiger partial charge in [-0.15, -0.1) is 0 Å². The lowest BCUT2D eigenvalue weighted by Gasteiger charge is -2.37. The van der Waals surface area contributed by atoms with E-state index in [4.69, 9.17) is 4.74 Å². The highest BCUT2D eigenvalue weighted by Gasteiger charge is 2.38. The fourth-order valence-electron chi connectivity index (χ4n) is 2.43. The molecule has 1 unspecified atom stereocenters. The highest BCUT2D eigenvalue weighted by Crippen LogP contribution is 2.30. The van der Waals surface area contributed by atoms with Gasteiger partial charge in [0.2, 0.25) is 0 Å².